The van der Waals surface area contributed by atoms with Gasteiger partial charge in [-0.05, 0) is 62.2 Å². The van der Waals surface area contributed by atoms with Crippen LogP contribution in [0.4, 0.5) is 5.13 Å². The van der Waals surface area contributed by atoms with Gasteiger partial charge in [0.2, 0.25) is 15.9 Å². The van der Waals surface area contributed by atoms with Gasteiger partial charge in [-0.3, -0.25) is 9.69 Å². The van der Waals surface area contributed by atoms with Crippen LogP contribution in [0.15, 0.2) is 70.2 Å². The number of methoxy groups -OCH3 is 1. The van der Waals surface area contributed by atoms with Crippen molar-refractivity contribution >= 4 is 42.6 Å². The van der Waals surface area contributed by atoms with E-state index in [1.54, 1.807) is 48.6 Å². The van der Waals surface area contributed by atoms with Crippen LogP contribution in [0.1, 0.15) is 24.2 Å². The molecule has 3 heterocycles. The molecule has 188 valence electrons. The molecule has 0 atom stereocenters. The molecule has 1 fully saturated rings. The van der Waals surface area contributed by atoms with Crippen LogP contribution in [0.5, 0.6) is 5.75 Å². The van der Waals surface area contributed by atoms with Crippen LogP contribution < -0.4 is 9.64 Å². The Morgan fingerprint density at radius 2 is 1.92 bits per heavy atom. The Balaban J connectivity index is 1.36. The topological polar surface area (TPSA) is 92.9 Å². The van der Waals surface area contributed by atoms with E-state index in [-0.39, 0.29) is 36.4 Å². The van der Waals surface area contributed by atoms with Gasteiger partial charge in [-0.1, -0.05) is 29.0 Å². The number of nitrogens with zero attached hydrogens (tertiary/aromatic N) is 3. The molecule has 0 unspecified atom stereocenters. The summed E-state index contributed by atoms with van der Waals surface area (Å²) < 4.78 is 39.4. The number of sulfonamides is 1. The Bertz CT molecular complexity index is 1460. The number of piperidine rings is 1. The molecule has 5 rings (SSSR count). The number of thiazole rings is 1. The minimum absolute atomic E-state index is 0.0789. The first-order valence-electron chi connectivity index (χ1n) is 11.7. The number of hydrogen-bond acceptors (Lipinski definition) is 7. The first-order valence-corrected chi connectivity index (χ1v) is 14.0. The largest absolute Gasteiger partial charge is 0.497 e. The van der Waals surface area contributed by atoms with Crippen molar-refractivity contribution in [1.29, 1.82) is 0 Å². The lowest BCUT2D eigenvalue weighted by atomic mass is 9.96. The van der Waals surface area contributed by atoms with E-state index in [9.17, 15) is 13.2 Å². The molecule has 4 aromatic rings. The maximum Gasteiger partial charge on any atom is 0.243 e. The fourth-order valence-electron chi connectivity index (χ4n) is 4.36. The second-order valence-electron chi connectivity index (χ2n) is 8.83. The van der Waals surface area contributed by atoms with Crippen molar-refractivity contribution < 1.29 is 22.4 Å². The predicted octanol–water partition coefficient (Wildman–Crippen LogP) is 4.84. The SMILES string of the molecule is COc1ccc2nc(N(Cc3ccco3)C(=O)C3CCN(S(=O)(=O)c4ccc(C)cc4)CC3)sc2c1. The number of amides is 1. The Kier molecular flexibility index (Phi) is 6.83. The van der Waals surface area contributed by atoms with Crippen molar-refractivity contribution in [1.82, 2.24) is 9.29 Å². The Labute approximate surface area is 214 Å². The summed E-state index contributed by atoms with van der Waals surface area (Å²) in [6.45, 7) is 2.76. The van der Waals surface area contributed by atoms with E-state index >= 15 is 0 Å². The van der Waals surface area contributed by atoms with Gasteiger partial charge in [0, 0.05) is 19.0 Å². The van der Waals surface area contributed by atoms with E-state index in [2.05, 4.69) is 0 Å². The normalized spacial score (nSPS) is 15.3. The maximum atomic E-state index is 13.7. The number of carbonyl (C=O) groups is 1. The molecule has 0 saturated carbocycles. The molecule has 0 radical (unpaired) electrons. The van der Waals surface area contributed by atoms with E-state index < -0.39 is 10.0 Å². The van der Waals surface area contributed by atoms with Crippen molar-refractivity contribution in [3.8, 4) is 5.75 Å². The van der Waals surface area contributed by atoms with Gasteiger partial charge < -0.3 is 9.15 Å². The van der Waals surface area contributed by atoms with E-state index in [1.807, 2.05) is 31.2 Å². The Hall–Kier alpha value is -3.21. The third-order valence-corrected chi connectivity index (χ3v) is 9.39. The number of hydrogen-bond donors (Lipinski definition) is 0. The fourth-order valence-corrected chi connectivity index (χ4v) is 6.82. The molecule has 1 amide bonds. The number of carbonyl (C=O) groups excluding carboxylic acids is 1. The number of furan rings is 1. The van der Waals surface area contributed by atoms with Crippen molar-refractivity contribution in [3.63, 3.8) is 0 Å². The number of anilines is 1. The zero-order valence-corrected chi connectivity index (χ0v) is 21.7. The van der Waals surface area contributed by atoms with Gasteiger partial charge in [-0.2, -0.15) is 4.31 Å². The zero-order valence-electron chi connectivity index (χ0n) is 20.1. The molecule has 2 aromatic heterocycles. The summed E-state index contributed by atoms with van der Waals surface area (Å²) >= 11 is 1.42. The summed E-state index contributed by atoms with van der Waals surface area (Å²) in [5.41, 5.74) is 1.79. The second-order valence-corrected chi connectivity index (χ2v) is 11.8. The highest BCUT2D eigenvalue weighted by Gasteiger charge is 2.35. The molecule has 0 spiro atoms. The molecule has 1 aliphatic rings. The quantitative estimate of drug-likeness (QED) is 0.343. The molecule has 0 bridgehead atoms. The lowest BCUT2D eigenvalue weighted by Crippen LogP contribution is -2.44. The molecule has 1 saturated heterocycles. The van der Waals surface area contributed by atoms with Crippen LogP contribution >= 0.6 is 11.3 Å². The first-order chi connectivity index (χ1) is 17.3. The van der Waals surface area contributed by atoms with Crippen LogP contribution in [0.25, 0.3) is 10.2 Å². The van der Waals surface area contributed by atoms with Crippen molar-refractivity contribution in [2.45, 2.75) is 31.2 Å². The van der Waals surface area contributed by atoms with E-state index in [1.165, 1.54) is 15.6 Å². The van der Waals surface area contributed by atoms with Crippen molar-refractivity contribution in [2.24, 2.45) is 5.92 Å². The molecular formula is C26H27N3O5S2. The molecule has 1 aliphatic heterocycles. The second kappa shape index (κ2) is 10.0. The molecule has 0 N–H and O–H groups in total. The number of benzene rings is 2. The van der Waals surface area contributed by atoms with Crippen LogP contribution in [0.3, 0.4) is 0 Å². The lowest BCUT2D eigenvalue weighted by molar-refractivity contribution is -0.123. The molecule has 0 aliphatic carbocycles. The number of fused-ring (bicyclic) bond motifs is 1. The van der Waals surface area contributed by atoms with Gasteiger partial charge >= 0.3 is 0 Å². The molecule has 36 heavy (non-hydrogen) atoms. The number of aryl methyl sites for hydroxylation is 1. The minimum Gasteiger partial charge on any atom is -0.497 e. The average Bonchev–Trinajstić information content (AvgIpc) is 3.56. The van der Waals surface area contributed by atoms with Gasteiger partial charge in [0.15, 0.2) is 5.13 Å². The van der Waals surface area contributed by atoms with E-state index in [0.29, 0.717) is 23.7 Å². The summed E-state index contributed by atoms with van der Waals surface area (Å²) in [4.78, 5) is 20.4. The Morgan fingerprint density at radius 1 is 1.17 bits per heavy atom. The predicted molar refractivity (Wildman–Crippen MR) is 139 cm³/mol. The zero-order chi connectivity index (χ0) is 25.3. The van der Waals surface area contributed by atoms with Crippen LogP contribution in [0.2, 0.25) is 0 Å². The van der Waals surface area contributed by atoms with Gasteiger partial charge in [-0.15, -0.1) is 0 Å². The Morgan fingerprint density at radius 3 is 2.58 bits per heavy atom. The molecule has 2 aromatic carbocycles. The smallest absolute Gasteiger partial charge is 0.243 e. The summed E-state index contributed by atoms with van der Waals surface area (Å²) in [6.07, 6.45) is 2.46. The molecule has 8 nitrogen and oxygen atoms in total. The van der Waals surface area contributed by atoms with Gasteiger partial charge in [-0.25, -0.2) is 13.4 Å². The molecule has 10 heteroatoms. The highest BCUT2D eigenvalue weighted by Crippen LogP contribution is 2.34. The summed E-state index contributed by atoms with van der Waals surface area (Å²) in [5, 5.41) is 0.578. The van der Waals surface area contributed by atoms with Crippen molar-refractivity contribution in [3.05, 3.63) is 72.2 Å². The molecular weight excluding hydrogens is 498 g/mol. The lowest BCUT2D eigenvalue weighted by Gasteiger charge is -2.32. The van der Waals surface area contributed by atoms with Gasteiger partial charge in [0.25, 0.3) is 0 Å². The average molecular weight is 526 g/mol. The minimum atomic E-state index is -3.59. The van der Waals surface area contributed by atoms with E-state index in [0.717, 1.165) is 21.5 Å². The number of aromatic nitrogens is 1. The number of ether oxygens (including phenoxy) is 1. The maximum absolute atomic E-state index is 13.7. The van der Waals surface area contributed by atoms with Crippen LogP contribution in [-0.4, -0.2) is 43.8 Å². The first kappa shape index (κ1) is 24.5. The van der Waals surface area contributed by atoms with Gasteiger partial charge in [0.05, 0.1) is 35.0 Å². The standard InChI is InChI=1S/C26H27N3O5S2/c1-18-5-8-22(9-6-18)36(31,32)28-13-11-19(12-14-28)25(30)29(17-21-4-3-15-34-21)26-27-23-10-7-20(33-2)16-24(23)35-26/h3-10,15-16,19H,11-14,17H2,1-2H3. The fraction of sp³-hybridized carbons (Fsp3) is 0.308. The third-order valence-electron chi connectivity index (χ3n) is 6.44. The number of rotatable bonds is 7. The third kappa shape index (κ3) is 4.88. The van der Waals surface area contributed by atoms with Crippen molar-refractivity contribution in [2.75, 3.05) is 25.1 Å². The van der Waals surface area contributed by atoms with Crippen LogP contribution in [-0.2, 0) is 21.4 Å². The highest BCUT2D eigenvalue weighted by atomic mass is 32.2. The highest BCUT2D eigenvalue weighted by molar-refractivity contribution is 7.89. The summed E-state index contributed by atoms with van der Waals surface area (Å²) in [6, 6.07) is 16.1. The summed E-state index contributed by atoms with van der Waals surface area (Å²) in [5.74, 6) is 0.985. The van der Waals surface area contributed by atoms with Crippen LogP contribution in [0, 0.1) is 12.8 Å². The summed E-state index contributed by atoms with van der Waals surface area (Å²) in [7, 11) is -1.98. The van der Waals surface area contributed by atoms with E-state index in [4.69, 9.17) is 14.1 Å². The van der Waals surface area contributed by atoms with Gasteiger partial charge in [0.1, 0.15) is 11.5 Å². The monoisotopic (exact) mass is 525 g/mol.